The summed E-state index contributed by atoms with van der Waals surface area (Å²) in [6.45, 7) is 0. The fourth-order valence-electron chi connectivity index (χ4n) is 3.57. The van der Waals surface area contributed by atoms with E-state index in [0.717, 1.165) is 27.8 Å². The number of carbonyl (C=O) groups excluding carboxylic acids is 2. The highest BCUT2D eigenvalue weighted by Gasteiger charge is 2.46. The minimum atomic E-state index is -1.35. The fraction of sp³-hybridized carbons (Fsp3) is 0.100. The van der Waals surface area contributed by atoms with Gasteiger partial charge in [0.1, 0.15) is 0 Å². The van der Waals surface area contributed by atoms with E-state index < -0.39 is 5.66 Å². The smallest absolute Gasteiger partial charge is 0.211 e. The summed E-state index contributed by atoms with van der Waals surface area (Å²) in [5, 5.41) is 0. The van der Waals surface area contributed by atoms with Crippen LogP contribution in [0.25, 0.3) is 11.1 Å². The maximum absolute atomic E-state index is 11.0. The van der Waals surface area contributed by atoms with Crippen molar-refractivity contribution >= 4 is 23.3 Å². The molecule has 0 spiro atoms. The van der Waals surface area contributed by atoms with Crippen molar-refractivity contribution in [2.75, 3.05) is 0 Å². The molecule has 4 heteroatoms. The number of aliphatic imine (C=N–C) groups is 2. The van der Waals surface area contributed by atoms with Crippen LogP contribution in [0.3, 0.4) is 0 Å². The Bertz CT molecular complexity index is 958. The largest absolute Gasteiger partial charge is 0.238 e. The van der Waals surface area contributed by atoms with Crippen LogP contribution in [0.15, 0.2) is 76.7 Å². The molecule has 24 heavy (non-hydrogen) atoms. The number of hydrogen-bond donors (Lipinski definition) is 0. The highest BCUT2D eigenvalue weighted by Crippen LogP contribution is 2.56. The van der Waals surface area contributed by atoms with Crippen molar-refractivity contribution in [2.45, 2.75) is 11.6 Å². The molecule has 2 aromatic carbocycles. The summed E-state index contributed by atoms with van der Waals surface area (Å²) in [6, 6.07) is 17.9. The van der Waals surface area contributed by atoms with Gasteiger partial charge in [0.05, 0.1) is 0 Å². The summed E-state index contributed by atoms with van der Waals surface area (Å²) in [5.41, 5.74) is 3.65. The standard InChI is InChI=1S/C20H12N2O2/c23-12-21-20(22-13-24)11-10-15(14-6-2-1-3-7-14)18-16-8-4-5-9-17(16)19(18)20/h1-11,15H. The normalized spacial score (nSPS) is 23.2. The lowest BCUT2D eigenvalue weighted by Crippen LogP contribution is -2.33. The molecule has 0 saturated heterocycles. The van der Waals surface area contributed by atoms with Crippen molar-refractivity contribution in [3.63, 3.8) is 0 Å². The maximum atomic E-state index is 11.0. The maximum Gasteiger partial charge on any atom is 0.238 e. The monoisotopic (exact) mass is 312 g/mol. The zero-order valence-corrected chi connectivity index (χ0v) is 12.6. The number of fused-ring (bicyclic) bond motifs is 3. The second-order valence-corrected chi connectivity index (χ2v) is 5.71. The first-order chi connectivity index (χ1) is 11.8. The molecule has 4 rings (SSSR count). The minimum absolute atomic E-state index is 0.0351. The Balaban J connectivity index is 1.97. The number of isocyanates is 2. The van der Waals surface area contributed by atoms with Crippen molar-refractivity contribution < 1.29 is 9.59 Å². The summed E-state index contributed by atoms with van der Waals surface area (Å²) in [6.07, 6.45) is 6.73. The first-order valence-electron chi connectivity index (χ1n) is 7.57. The van der Waals surface area contributed by atoms with Gasteiger partial charge in [0.25, 0.3) is 0 Å². The van der Waals surface area contributed by atoms with Gasteiger partial charge < -0.3 is 0 Å². The molecule has 0 saturated carbocycles. The molecule has 0 bridgehead atoms. The minimum Gasteiger partial charge on any atom is -0.211 e. The SMILES string of the molecule is O=C=NC1(N=C=O)C=CC(c2ccccc2)C2=C1c1ccccc12. The van der Waals surface area contributed by atoms with Crippen LogP contribution in [0.1, 0.15) is 22.6 Å². The molecule has 1 unspecified atom stereocenters. The quantitative estimate of drug-likeness (QED) is 0.493. The summed E-state index contributed by atoms with van der Waals surface area (Å²) >= 11 is 0. The highest BCUT2D eigenvalue weighted by molar-refractivity contribution is 6.11. The molecule has 1 atom stereocenters. The summed E-state index contributed by atoms with van der Waals surface area (Å²) in [5.74, 6) is 0.0351. The Kier molecular flexibility index (Phi) is 3.21. The van der Waals surface area contributed by atoms with Crippen LogP contribution in [-0.4, -0.2) is 17.8 Å². The Morgan fingerprint density at radius 3 is 2.12 bits per heavy atom. The van der Waals surface area contributed by atoms with E-state index in [-0.39, 0.29) is 5.92 Å². The van der Waals surface area contributed by atoms with Crippen molar-refractivity contribution in [1.29, 1.82) is 0 Å². The average molecular weight is 312 g/mol. The molecule has 0 heterocycles. The van der Waals surface area contributed by atoms with Gasteiger partial charge in [-0.15, -0.1) is 0 Å². The van der Waals surface area contributed by atoms with Crippen LogP contribution in [0.5, 0.6) is 0 Å². The van der Waals surface area contributed by atoms with Gasteiger partial charge in [-0.2, -0.15) is 9.98 Å². The molecule has 114 valence electrons. The average Bonchev–Trinajstić information content (AvgIpc) is 2.60. The summed E-state index contributed by atoms with van der Waals surface area (Å²) < 4.78 is 0. The highest BCUT2D eigenvalue weighted by atomic mass is 16.1. The van der Waals surface area contributed by atoms with E-state index in [0.29, 0.717) is 0 Å². The van der Waals surface area contributed by atoms with Gasteiger partial charge >= 0.3 is 0 Å². The van der Waals surface area contributed by atoms with Crippen molar-refractivity contribution in [1.82, 2.24) is 0 Å². The molecule has 0 amide bonds. The third kappa shape index (κ3) is 1.88. The number of benzene rings is 2. The van der Waals surface area contributed by atoms with E-state index >= 15 is 0 Å². The van der Waals surface area contributed by atoms with Gasteiger partial charge in [-0.1, -0.05) is 60.7 Å². The van der Waals surface area contributed by atoms with E-state index in [1.807, 2.05) is 48.5 Å². The topological polar surface area (TPSA) is 58.9 Å². The molecular weight excluding hydrogens is 300 g/mol. The second-order valence-electron chi connectivity index (χ2n) is 5.71. The number of allylic oxidation sites excluding steroid dienone is 2. The van der Waals surface area contributed by atoms with Crippen LogP contribution < -0.4 is 0 Å². The lowest BCUT2D eigenvalue weighted by Gasteiger charge is -2.40. The van der Waals surface area contributed by atoms with Gasteiger partial charge in [0, 0.05) is 11.5 Å². The first-order valence-corrected chi connectivity index (χ1v) is 7.57. The van der Waals surface area contributed by atoms with Crippen LogP contribution in [0, 0.1) is 0 Å². The molecule has 4 nitrogen and oxygen atoms in total. The molecule has 0 aliphatic heterocycles. The fourth-order valence-corrected chi connectivity index (χ4v) is 3.57. The lowest BCUT2D eigenvalue weighted by molar-refractivity contribution is 0.546. The first kappa shape index (κ1) is 14.3. The van der Waals surface area contributed by atoms with Crippen molar-refractivity contribution in [3.8, 4) is 0 Å². The Morgan fingerprint density at radius 1 is 0.833 bits per heavy atom. The zero-order chi connectivity index (χ0) is 16.6. The van der Waals surface area contributed by atoms with E-state index in [2.05, 4.69) is 22.1 Å². The predicted octanol–water partition coefficient (Wildman–Crippen LogP) is 3.63. The molecular formula is C20H12N2O2. The Morgan fingerprint density at radius 2 is 1.46 bits per heavy atom. The van der Waals surface area contributed by atoms with E-state index in [9.17, 15) is 9.59 Å². The number of hydrogen-bond acceptors (Lipinski definition) is 4. The molecule has 0 aromatic heterocycles. The van der Waals surface area contributed by atoms with Gasteiger partial charge in [-0.3, -0.25) is 0 Å². The Labute approximate surface area is 138 Å². The van der Waals surface area contributed by atoms with Crippen LogP contribution in [-0.2, 0) is 9.59 Å². The lowest BCUT2D eigenvalue weighted by atomic mass is 9.65. The molecule has 0 N–H and O–H groups in total. The number of nitrogens with zero attached hydrogens (tertiary/aromatic N) is 2. The molecule has 0 radical (unpaired) electrons. The Hall–Kier alpha value is -3.32. The van der Waals surface area contributed by atoms with E-state index in [4.69, 9.17) is 0 Å². The third-order valence-corrected chi connectivity index (χ3v) is 4.55. The zero-order valence-electron chi connectivity index (χ0n) is 12.6. The summed E-state index contributed by atoms with van der Waals surface area (Å²) in [4.78, 5) is 29.6. The molecule has 2 aromatic rings. The molecule has 0 fully saturated rings. The van der Waals surface area contributed by atoms with Gasteiger partial charge in [0.15, 0.2) is 0 Å². The molecule has 2 aliphatic rings. The van der Waals surface area contributed by atoms with Gasteiger partial charge in [-0.25, -0.2) is 9.59 Å². The van der Waals surface area contributed by atoms with Crippen molar-refractivity contribution in [3.05, 3.63) is 83.4 Å². The predicted molar refractivity (Wildman–Crippen MR) is 90.6 cm³/mol. The van der Waals surface area contributed by atoms with Crippen LogP contribution >= 0.6 is 0 Å². The van der Waals surface area contributed by atoms with Crippen molar-refractivity contribution in [2.24, 2.45) is 9.98 Å². The third-order valence-electron chi connectivity index (χ3n) is 4.55. The number of rotatable bonds is 3. The van der Waals surface area contributed by atoms with Crippen LogP contribution in [0.4, 0.5) is 0 Å². The van der Waals surface area contributed by atoms with Crippen LogP contribution in [0.2, 0.25) is 0 Å². The second kappa shape index (κ2) is 5.39. The van der Waals surface area contributed by atoms with E-state index in [1.165, 1.54) is 0 Å². The molecule has 2 aliphatic carbocycles. The van der Waals surface area contributed by atoms with Gasteiger partial charge in [0.2, 0.25) is 17.8 Å². The summed E-state index contributed by atoms with van der Waals surface area (Å²) in [7, 11) is 0. The van der Waals surface area contributed by atoms with E-state index in [1.54, 1.807) is 18.2 Å². The van der Waals surface area contributed by atoms with Gasteiger partial charge in [-0.05, 0) is 28.3 Å².